The first-order valence-electron chi connectivity index (χ1n) is 17.5. The van der Waals surface area contributed by atoms with Gasteiger partial charge in [-0.25, -0.2) is 15.2 Å². The minimum absolute atomic E-state index is 0.0283. The zero-order valence-corrected chi connectivity index (χ0v) is 28.9. The molecule has 0 saturated carbocycles. The van der Waals surface area contributed by atoms with E-state index in [0.29, 0.717) is 51.1 Å². The van der Waals surface area contributed by atoms with E-state index in [2.05, 4.69) is 16.1 Å². The van der Waals surface area contributed by atoms with Gasteiger partial charge in [-0.1, -0.05) is 44.2 Å². The van der Waals surface area contributed by atoms with Crippen molar-refractivity contribution < 1.29 is 28.7 Å². The predicted molar refractivity (Wildman–Crippen MR) is 185 cm³/mol. The molecule has 5 bridgehead atoms. The summed E-state index contributed by atoms with van der Waals surface area (Å²) < 4.78 is 5.81. The van der Waals surface area contributed by atoms with Crippen LogP contribution < -0.4 is 16.1 Å². The highest BCUT2D eigenvalue weighted by molar-refractivity contribution is 5.92. The number of benzene rings is 1. The molecular formula is C36H49N7O6. The lowest BCUT2D eigenvalue weighted by Gasteiger charge is -2.35. The quantitative estimate of drug-likeness (QED) is 0.390. The number of nitrogens with one attached hydrogen (secondary N) is 3. The number of amides is 5. The molecule has 4 heterocycles. The fourth-order valence-electron chi connectivity index (χ4n) is 6.39. The van der Waals surface area contributed by atoms with Crippen LogP contribution in [0.25, 0.3) is 17.0 Å². The van der Waals surface area contributed by atoms with E-state index >= 15 is 0 Å². The first-order valence-corrected chi connectivity index (χ1v) is 17.5. The highest BCUT2D eigenvalue weighted by atomic mass is 16.5. The molecule has 13 nitrogen and oxygen atoms in total. The molecule has 4 unspecified atom stereocenters. The highest BCUT2D eigenvalue weighted by Gasteiger charge is 2.34. The molecule has 3 aliphatic heterocycles. The third kappa shape index (κ3) is 9.14. The van der Waals surface area contributed by atoms with E-state index < -0.39 is 42.0 Å². The van der Waals surface area contributed by atoms with Crippen molar-refractivity contribution in [2.75, 3.05) is 32.7 Å². The highest BCUT2D eigenvalue weighted by Crippen LogP contribution is 2.23. The Labute approximate surface area is 287 Å². The Morgan fingerprint density at radius 3 is 2.41 bits per heavy atom. The van der Waals surface area contributed by atoms with E-state index in [1.165, 1.54) is 5.01 Å². The number of nitrogens with zero attached hydrogens (tertiary/aromatic N) is 4. The third-order valence-corrected chi connectivity index (χ3v) is 9.31. The number of pyridine rings is 1. The lowest BCUT2D eigenvalue weighted by Crippen LogP contribution is -2.61. The average molecular weight is 676 g/mol. The van der Waals surface area contributed by atoms with Crippen molar-refractivity contribution in [3.8, 4) is 0 Å². The Morgan fingerprint density at radius 2 is 1.65 bits per heavy atom. The summed E-state index contributed by atoms with van der Waals surface area (Å²) in [5.41, 5.74) is 5.28. The number of carbonyl (C=O) groups is 5. The number of rotatable bonds is 1. The minimum Gasteiger partial charge on any atom is -0.455 e. The van der Waals surface area contributed by atoms with Gasteiger partial charge >= 0.3 is 12.0 Å². The van der Waals surface area contributed by atoms with Crippen molar-refractivity contribution in [3.05, 3.63) is 47.7 Å². The van der Waals surface area contributed by atoms with Crippen LogP contribution in [0.1, 0.15) is 83.6 Å². The molecule has 3 N–H and O–H groups in total. The topological polar surface area (TPSA) is 153 Å². The largest absolute Gasteiger partial charge is 0.455 e. The number of hydrogen-bond donors (Lipinski definition) is 3. The van der Waals surface area contributed by atoms with Crippen LogP contribution in [0.4, 0.5) is 4.79 Å². The summed E-state index contributed by atoms with van der Waals surface area (Å²) in [6.07, 6.45) is 6.94. The molecule has 4 atom stereocenters. The van der Waals surface area contributed by atoms with Gasteiger partial charge in [-0.2, -0.15) is 0 Å². The van der Waals surface area contributed by atoms with E-state index in [1.54, 1.807) is 18.7 Å². The first kappa shape index (κ1) is 35.8. The van der Waals surface area contributed by atoms with Crippen molar-refractivity contribution in [1.82, 2.24) is 35.9 Å². The second kappa shape index (κ2) is 16.3. The van der Waals surface area contributed by atoms with Crippen molar-refractivity contribution in [2.45, 2.75) is 90.4 Å². The van der Waals surface area contributed by atoms with E-state index in [9.17, 15) is 24.0 Å². The van der Waals surface area contributed by atoms with E-state index in [4.69, 9.17) is 9.72 Å². The Morgan fingerprint density at radius 1 is 0.918 bits per heavy atom. The molecular weight excluding hydrogens is 626 g/mol. The van der Waals surface area contributed by atoms with Crippen LogP contribution in [-0.4, -0.2) is 100 Å². The molecule has 5 rings (SSSR count). The number of urea groups is 1. The molecule has 49 heavy (non-hydrogen) atoms. The molecule has 2 saturated heterocycles. The molecule has 1 aromatic carbocycles. The lowest BCUT2D eigenvalue weighted by molar-refractivity contribution is -0.157. The van der Waals surface area contributed by atoms with E-state index in [-0.39, 0.29) is 30.8 Å². The summed E-state index contributed by atoms with van der Waals surface area (Å²) in [4.78, 5) is 74.8. The summed E-state index contributed by atoms with van der Waals surface area (Å²) in [7, 11) is 0. The summed E-state index contributed by atoms with van der Waals surface area (Å²) in [5, 5.41) is 7.86. The van der Waals surface area contributed by atoms with Gasteiger partial charge in [-0.3, -0.25) is 24.2 Å². The van der Waals surface area contributed by atoms with Crippen LogP contribution in [0, 0.1) is 5.92 Å². The molecule has 5 amide bonds. The number of ether oxygens (including phenoxy) is 1. The minimum atomic E-state index is -0.922. The number of likely N-dealkylation sites (tertiary alicyclic amines) is 1. The van der Waals surface area contributed by atoms with Crippen LogP contribution in [0.2, 0.25) is 0 Å². The van der Waals surface area contributed by atoms with E-state index in [1.807, 2.05) is 61.2 Å². The molecule has 3 aliphatic rings. The standard InChI is InChI=1S/C36H49N7O6/c1-23(2)32-33(45)37-24(3)34(46)43-20-9-11-29(40-43)35(47)49-25(4)28-15-14-27-13-12-26(22-30(27)38-28)10-5-6-17-42(21-16-31(44)39-32)36(48)41-18-7-8-19-41/h5,10,12-15,22-25,29,32,40H,6-9,11,16-21H2,1-4H3,(H,37,45)(H,39,44). The van der Waals surface area contributed by atoms with Gasteiger partial charge in [0.25, 0.3) is 5.91 Å². The van der Waals surface area contributed by atoms with Gasteiger partial charge in [0.2, 0.25) is 11.8 Å². The maximum atomic E-state index is 13.4. The fraction of sp³-hybridized carbons (Fsp3) is 0.556. The van der Waals surface area contributed by atoms with Crippen LogP contribution in [0.3, 0.4) is 0 Å². The van der Waals surface area contributed by atoms with Crippen LogP contribution >= 0.6 is 0 Å². The molecule has 0 radical (unpaired) electrons. The van der Waals surface area contributed by atoms with Crippen molar-refractivity contribution in [3.63, 3.8) is 0 Å². The molecule has 13 heteroatoms. The number of hydrogen-bond acceptors (Lipinski definition) is 8. The second-order valence-corrected chi connectivity index (χ2v) is 13.5. The number of fused-ring (bicyclic) bond motifs is 4. The smallest absolute Gasteiger partial charge is 0.325 e. The Kier molecular flexibility index (Phi) is 11.9. The van der Waals surface area contributed by atoms with Gasteiger partial charge in [0, 0.05) is 44.5 Å². The third-order valence-electron chi connectivity index (χ3n) is 9.31. The summed E-state index contributed by atoms with van der Waals surface area (Å²) >= 11 is 0. The Bertz CT molecular complexity index is 1570. The fourth-order valence-corrected chi connectivity index (χ4v) is 6.39. The number of aromatic nitrogens is 1. The monoisotopic (exact) mass is 675 g/mol. The maximum Gasteiger partial charge on any atom is 0.325 e. The second-order valence-electron chi connectivity index (χ2n) is 13.5. The van der Waals surface area contributed by atoms with Gasteiger partial charge in [-0.15, -0.1) is 0 Å². The number of hydrazine groups is 1. The van der Waals surface area contributed by atoms with Gasteiger partial charge in [0.05, 0.1) is 11.2 Å². The van der Waals surface area contributed by atoms with E-state index in [0.717, 1.165) is 29.3 Å². The van der Waals surface area contributed by atoms with Crippen LogP contribution in [-0.2, 0) is 23.9 Å². The SMILES string of the molecule is CC1NC(=O)C(C(C)C)NC(=O)CCN(C(=O)N2CCCC2)CCC=Cc2ccc3ccc(nc3c2)C(C)OC(=O)C2CCCN(N2)C1=O. The molecule has 0 spiro atoms. The molecule has 1 aromatic heterocycles. The summed E-state index contributed by atoms with van der Waals surface area (Å²) in [6, 6.07) is 7.10. The number of esters is 1. The van der Waals surface area contributed by atoms with Gasteiger partial charge < -0.3 is 25.2 Å². The van der Waals surface area contributed by atoms with Gasteiger partial charge in [0.1, 0.15) is 24.2 Å². The molecule has 2 fully saturated rings. The molecule has 0 aliphatic carbocycles. The van der Waals surface area contributed by atoms with Crippen molar-refractivity contribution in [2.24, 2.45) is 5.92 Å². The maximum absolute atomic E-state index is 13.4. The van der Waals surface area contributed by atoms with Crippen LogP contribution in [0.15, 0.2) is 36.4 Å². The number of cyclic esters (lactones) is 1. The average Bonchev–Trinajstić information content (AvgIpc) is 3.64. The van der Waals surface area contributed by atoms with Gasteiger partial charge in [-0.05, 0) is 69.6 Å². The Hall–Kier alpha value is -4.52. The lowest BCUT2D eigenvalue weighted by atomic mass is 10.0. The summed E-state index contributed by atoms with van der Waals surface area (Å²) in [5.74, 6) is -2.01. The first-order chi connectivity index (χ1) is 23.5. The van der Waals surface area contributed by atoms with Crippen molar-refractivity contribution in [1.29, 1.82) is 0 Å². The predicted octanol–water partition coefficient (Wildman–Crippen LogP) is 3.30. The zero-order valence-electron chi connectivity index (χ0n) is 28.9. The van der Waals surface area contributed by atoms with Crippen LogP contribution in [0.5, 0.6) is 0 Å². The van der Waals surface area contributed by atoms with Crippen molar-refractivity contribution >= 4 is 46.7 Å². The number of carbonyl (C=O) groups excluding carboxylic acids is 5. The molecule has 264 valence electrons. The van der Waals surface area contributed by atoms with Gasteiger partial charge in [0.15, 0.2) is 0 Å². The zero-order chi connectivity index (χ0) is 35.1. The normalized spacial score (nSPS) is 25.3. The Balaban J connectivity index is 1.39. The molecule has 2 aromatic rings. The summed E-state index contributed by atoms with van der Waals surface area (Å²) in [6.45, 7) is 9.36.